The van der Waals surface area contributed by atoms with Crippen LogP contribution in [0, 0.1) is 0 Å². The molecule has 0 heterocycles. The number of methoxy groups -OCH3 is 1. The van der Waals surface area contributed by atoms with Crippen molar-refractivity contribution in [1.29, 1.82) is 0 Å². The smallest absolute Gasteiger partial charge is 0.0897 e. The second-order valence-corrected chi connectivity index (χ2v) is 3.94. The van der Waals surface area contributed by atoms with Gasteiger partial charge in [-0.05, 0) is 6.92 Å². The highest BCUT2D eigenvalue weighted by molar-refractivity contribution is 6.29. The first-order valence-electron chi connectivity index (χ1n) is 4.88. The van der Waals surface area contributed by atoms with Crippen molar-refractivity contribution < 1.29 is 14.6 Å². The first kappa shape index (κ1) is 14.9. The number of aliphatic hydroxyl groups excluding tert-OH is 1. The highest BCUT2D eigenvalue weighted by Gasteiger charge is 2.07. The van der Waals surface area contributed by atoms with Crippen molar-refractivity contribution in [3.63, 3.8) is 0 Å². The van der Waals surface area contributed by atoms with Crippen LogP contribution in [0.2, 0.25) is 0 Å². The zero-order chi connectivity index (χ0) is 11.7. The molecule has 0 aromatic carbocycles. The largest absolute Gasteiger partial charge is 0.389 e. The van der Waals surface area contributed by atoms with Gasteiger partial charge in [0.25, 0.3) is 0 Å². The van der Waals surface area contributed by atoms with Gasteiger partial charge in [0.2, 0.25) is 0 Å². The van der Waals surface area contributed by atoms with Gasteiger partial charge in [-0.2, -0.15) is 0 Å². The molecule has 0 aromatic rings. The van der Waals surface area contributed by atoms with Gasteiger partial charge in [-0.3, -0.25) is 0 Å². The maximum atomic E-state index is 9.48. The Morgan fingerprint density at radius 1 is 1.53 bits per heavy atom. The summed E-state index contributed by atoms with van der Waals surface area (Å²) in [6.07, 6.45) is -0.548. The van der Waals surface area contributed by atoms with Crippen molar-refractivity contribution in [2.75, 3.05) is 33.4 Å². The summed E-state index contributed by atoms with van der Waals surface area (Å²) in [5.74, 6) is 0. The molecule has 0 radical (unpaired) electrons. The van der Waals surface area contributed by atoms with Crippen LogP contribution in [-0.4, -0.2) is 50.7 Å². The average Bonchev–Trinajstić information content (AvgIpc) is 2.14. The van der Waals surface area contributed by atoms with E-state index < -0.39 is 6.10 Å². The molecule has 4 nitrogen and oxygen atoms in total. The van der Waals surface area contributed by atoms with E-state index in [0.29, 0.717) is 24.7 Å². The summed E-state index contributed by atoms with van der Waals surface area (Å²) in [6.45, 7) is 7.16. The van der Waals surface area contributed by atoms with Crippen LogP contribution >= 0.6 is 11.6 Å². The van der Waals surface area contributed by atoms with Gasteiger partial charge >= 0.3 is 0 Å². The zero-order valence-electron chi connectivity index (χ0n) is 9.33. The van der Waals surface area contributed by atoms with Gasteiger partial charge in [0.15, 0.2) is 0 Å². The molecule has 0 rings (SSSR count). The Hall–Kier alpha value is -0.130. The quantitative estimate of drug-likeness (QED) is 0.621. The van der Waals surface area contributed by atoms with Crippen molar-refractivity contribution in [3.8, 4) is 0 Å². The molecule has 0 spiro atoms. The molecular formula is C10H20ClNO3. The molecule has 0 aliphatic rings. The van der Waals surface area contributed by atoms with Crippen LogP contribution in [0.5, 0.6) is 0 Å². The molecule has 2 atom stereocenters. The predicted molar refractivity (Wildman–Crippen MR) is 61.2 cm³/mol. The standard InChI is InChI=1S/C10H20ClNO3/c1-8(11)4-12-5-10(13)7-15-9(2)6-14-3/h9-10,12-13H,1,4-7H2,2-3H3. The molecule has 0 aliphatic carbocycles. The Morgan fingerprint density at radius 2 is 2.20 bits per heavy atom. The minimum Gasteiger partial charge on any atom is -0.389 e. The number of aliphatic hydroxyl groups is 1. The van der Waals surface area contributed by atoms with Crippen molar-refractivity contribution in [2.24, 2.45) is 0 Å². The molecular weight excluding hydrogens is 218 g/mol. The van der Waals surface area contributed by atoms with Crippen LogP contribution in [0.4, 0.5) is 0 Å². The molecule has 0 fully saturated rings. The van der Waals surface area contributed by atoms with Crippen LogP contribution in [-0.2, 0) is 9.47 Å². The molecule has 15 heavy (non-hydrogen) atoms. The number of nitrogens with one attached hydrogen (secondary N) is 1. The molecule has 90 valence electrons. The first-order chi connectivity index (χ1) is 7.06. The van der Waals surface area contributed by atoms with Crippen LogP contribution in [0.25, 0.3) is 0 Å². The van der Waals surface area contributed by atoms with Crippen molar-refractivity contribution >= 4 is 11.6 Å². The molecule has 5 heteroatoms. The van der Waals surface area contributed by atoms with Crippen molar-refractivity contribution in [1.82, 2.24) is 5.32 Å². The van der Waals surface area contributed by atoms with E-state index in [9.17, 15) is 5.11 Å². The van der Waals surface area contributed by atoms with Gasteiger partial charge in [-0.25, -0.2) is 0 Å². The second kappa shape index (κ2) is 9.12. The summed E-state index contributed by atoms with van der Waals surface area (Å²) in [4.78, 5) is 0. The van der Waals surface area contributed by atoms with Gasteiger partial charge < -0.3 is 19.9 Å². The Kier molecular flexibility index (Phi) is 9.04. The van der Waals surface area contributed by atoms with E-state index in [0.717, 1.165) is 0 Å². The van der Waals surface area contributed by atoms with E-state index in [2.05, 4.69) is 11.9 Å². The van der Waals surface area contributed by atoms with Crippen molar-refractivity contribution in [3.05, 3.63) is 11.6 Å². The normalized spacial score (nSPS) is 14.9. The van der Waals surface area contributed by atoms with Crippen LogP contribution in [0.1, 0.15) is 6.92 Å². The lowest BCUT2D eigenvalue weighted by molar-refractivity contribution is -0.0308. The fraction of sp³-hybridized carbons (Fsp3) is 0.800. The maximum Gasteiger partial charge on any atom is 0.0897 e. The summed E-state index contributed by atoms with van der Waals surface area (Å²) >= 11 is 5.54. The Labute approximate surface area is 96.2 Å². The monoisotopic (exact) mass is 237 g/mol. The number of ether oxygens (including phenoxy) is 2. The summed E-state index contributed by atoms with van der Waals surface area (Å²) in [5.41, 5.74) is 0. The summed E-state index contributed by atoms with van der Waals surface area (Å²) < 4.78 is 10.2. The number of hydrogen-bond donors (Lipinski definition) is 2. The van der Waals surface area contributed by atoms with Gasteiger partial charge in [-0.1, -0.05) is 18.2 Å². The lowest BCUT2D eigenvalue weighted by Crippen LogP contribution is -2.32. The third-order valence-electron chi connectivity index (χ3n) is 1.67. The summed E-state index contributed by atoms with van der Waals surface area (Å²) in [7, 11) is 1.62. The Balaban J connectivity index is 3.40. The number of hydrogen-bond acceptors (Lipinski definition) is 4. The lowest BCUT2D eigenvalue weighted by Gasteiger charge is -2.16. The highest BCUT2D eigenvalue weighted by atomic mass is 35.5. The van der Waals surface area contributed by atoms with Gasteiger partial charge in [0, 0.05) is 25.2 Å². The minimum atomic E-state index is -0.541. The predicted octanol–water partition coefficient (Wildman–Crippen LogP) is 0.741. The Bertz CT molecular complexity index is 178. The SMILES string of the molecule is C=C(Cl)CNCC(O)COC(C)COC. The fourth-order valence-electron chi connectivity index (χ4n) is 0.992. The van der Waals surface area contributed by atoms with Crippen LogP contribution < -0.4 is 5.32 Å². The van der Waals surface area contributed by atoms with E-state index in [1.54, 1.807) is 7.11 Å². The molecule has 0 aromatic heterocycles. The van der Waals surface area contributed by atoms with Gasteiger partial charge in [0.1, 0.15) is 0 Å². The lowest BCUT2D eigenvalue weighted by atomic mass is 10.3. The second-order valence-electron chi connectivity index (χ2n) is 3.40. The molecule has 0 amide bonds. The van der Waals surface area contributed by atoms with E-state index in [4.69, 9.17) is 21.1 Å². The minimum absolute atomic E-state index is 0.00681. The van der Waals surface area contributed by atoms with E-state index in [-0.39, 0.29) is 12.7 Å². The zero-order valence-corrected chi connectivity index (χ0v) is 10.1. The number of rotatable bonds is 9. The molecule has 2 N–H and O–H groups in total. The molecule has 2 unspecified atom stereocenters. The summed E-state index contributed by atoms with van der Waals surface area (Å²) in [5, 5.41) is 12.9. The maximum absolute atomic E-state index is 9.48. The third kappa shape index (κ3) is 10.2. The molecule has 0 bridgehead atoms. The van der Waals surface area contributed by atoms with Gasteiger partial charge in [-0.15, -0.1) is 0 Å². The summed E-state index contributed by atoms with van der Waals surface area (Å²) in [6, 6.07) is 0. The van der Waals surface area contributed by atoms with E-state index in [1.165, 1.54) is 0 Å². The van der Waals surface area contributed by atoms with E-state index >= 15 is 0 Å². The molecule has 0 saturated carbocycles. The Morgan fingerprint density at radius 3 is 2.73 bits per heavy atom. The molecule has 0 saturated heterocycles. The first-order valence-corrected chi connectivity index (χ1v) is 5.26. The third-order valence-corrected chi connectivity index (χ3v) is 1.80. The fourth-order valence-corrected chi connectivity index (χ4v) is 1.09. The number of halogens is 1. The topological polar surface area (TPSA) is 50.7 Å². The van der Waals surface area contributed by atoms with Crippen molar-refractivity contribution in [2.45, 2.75) is 19.1 Å². The average molecular weight is 238 g/mol. The highest BCUT2D eigenvalue weighted by Crippen LogP contribution is 1.95. The van der Waals surface area contributed by atoms with E-state index in [1.807, 2.05) is 6.92 Å². The van der Waals surface area contributed by atoms with Crippen LogP contribution in [0.15, 0.2) is 11.6 Å². The van der Waals surface area contributed by atoms with Crippen LogP contribution in [0.3, 0.4) is 0 Å². The van der Waals surface area contributed by atoms with Gasteiger partial charge in [0.05, 0.1) is 25.4 Å². The molecule has 0 aliphatic heterocycles.